The van der Waals surface area contributed by atoms with E-state index in [0.717, 1.165) is 17.8 Å². The van der Waals surface area contributed by atoms with Gasteiger partial charge in [-0.1, -0.05) is 78.6 Å². The molecule has 16 heavy (non-hydrogen) atoms. The Morgan fingerprint density at radius 1 is 0.938 bits per heavy atom. The van der Waals surface area contributed by atoms with Crippen LogP contribution < -0.4 is 0 Å². The molecule has 0 N–H and O–H groups in total. The highest BCUT2D eigenvalue weighted by Gasteiger charge is 2.22. The Labute approximate surface area is 103 Å². The van der Waals surface area contributed by atoms with E-state index in [1.165, 1.54) is 64.2 Å². The molecule has 0 aliphatic heterocycles. The average molecular weight is 224 g/mol. The van der Waals surface area contributed by atoms with Crippen LogP contribution in [0.3, 0.4) is 0 Å². The van der Waals surface area contributed by atoms with Crippen LogP contribution in [0, 0.1) is 17.8 Å². The van der Waals surface area contributed by atoms with Crippen molar-refractivity contribution in [3.05, 3.63) is 0 Å². The summed E-state index contributed by atoms with van der Waals surface area (Å²) in [5.74, 6) is 3.04. The van der Waals surface area contributed by atoms with Crippen LogP contribution in [0.2, 0.25) is 0 Å². The first-order valence-corrected chi connectivity index (χ1v) is 7.74. The second kappa shape index (κ2) is 8.14. The van der Waals surface area contributed by atoms with Crippen molar-refractivity contribution >= 4 is 0 Å². The van der Waals surface area contributed by atoms with Crippen molar-refractivity contribution < 1.29 is 0 Å². The summed E-state index contributed by atoms with van der Waals surface area (Å²) in [6.45, 7) is 7.08. The second-order valence-corrected chi connectivity index (χ2v) is 6.27. The zero-order valence-corrected chi connectivity index (χ0v) is 11.8. The van der Waals surface area contributed by atoms with E-state index in [4.69, 9.17) is 0 Å². The highest BCUT2D eigenvalue weighted by molar-refractivity contribution is 4.74. The third kappa shape index (κ3) is 5.37. The fourth-order valence-electron chi connectivity index (χ4n) is 3.24. The molecule has 0 aromatic rings. The molecule has 1 aliphatic carbocycles. The first kappa shape index (κ1) is 14.1. The van der Waals surface area contributed by atoms with E-state index >= 15 is 0 Å². The van der Waals surface area contributed by atoms with E-state index in [2.05, 4.69) is 20.8 Å². The number of hydrogen-bond donors (Lipinski definition) is 0. The SMILES string of the molecule is CCCCC(CCC(C)C)C1CCCCC1. The van der Waals surface area contributed by atoms with Crippen LogP contribution in [-0.2, 0) is 0 Å². The van der Waals surface area contributed by atoms with Crippen molar-refractivity contribution in [2.24, 2.45) is 17.8 Å². The summed E-state index contributed by atoms with van der Waals surface area (Å²) >= 11 is 0. The second-order valence-electron chi connectivity index (χ2n) is 6.27. The van der Waals surface area contributed by atoms with Crippen molar-refractivity contribution in [3.63, 3.8) is 0 Å². The van der Waals surface area contributed by atoms with Crippen LogP contribution >= 0.6 is 0 Å². The Balaban J connectivity index is 2.34. The smallest absolute Gasteiger partial charge is 0.0386 e. The topological polar surface area (TPSA) is 0 Å². The molecule has 0 amide bonds. The van der Waals surface area contributed by atoms with Gasteiger partial charge in [0.15, 0.2) is 0 Å². The van der Waals surface area contributed by atoms with E-state index in [-0.39, 0.29) is 0 Å². The van der Waals surface area contributed by atoms with E-state index in [0.29, 0.717) is 0 Å². The molecule has 1 atom stereocenters. The molecule has 0 bridgehead atoms. The minimum absolute atomic E-state index is 0.896. The largest absolute Gasteiger partial charge is 0.0654 e. The van der Waals surface area contributed by atoms with Gasteiger partial charge in [0.2, 0.25) is 0 Å². The van der Waals surface area contributed by atoms with Gasteiger partial charge < -0.3 is 0 Å². The molecule has 0 aromatic carbocycles. The van der Waals surface area contributed by atoms with E-state index in [1.807, 2.05) is 0 Å². The quantitative estimate of drug-likeness (QED) is 0.512. The van der Waals surface area contributed by atoms with Crippen LogP contribution in [0.5, 0.6) is 0 Å². The maximum Gasteiger partial charge on any atom is -0.0386 e. The summed E-state index contributed by atoms with van der Waals surface area (Å²) in [4.78, 5) is 0. The van der Waals surface area contributed by atoms with E-state index < -0.39 is 0 Å². The molecule has 1 rings (SSSR count). The maximum atomic E-state index is 2.37. The Morgan fingerprint density at radius 2 is 1.62 bits per heavy atom. The third-order valence-electron chi connectivity index (χ3n) is 4.36. The minimum atomic E-state index is 0.896. The summed E-state index contributed by atoms with van der Waals surface area (Å²) in [6.07, 6.45) is 14.9. The van der Waals surface area contributed by atoms with Crippen molar-refractivity contribution in [1.29, 1.82) is 0 Å². The van der Waals surface area contributed by atoms with Gasteiger partial charge in [-0.25, -0.2) is 0 Å². The summed E-state index contributed by atoms with van der Waals surface area (Å²) in [5, 5.41) is 0. The normalized spacial score (nSPS) is 20.2. The van der Waals surface area contributed by atoms with Gasteiger partial charge in [0.1, 0.15) is 0 Å². The molecule has 0 radical (unpaired) electrons. The molecule has 0 heteroatoms. The Morgan fingerprint density at radius 3 is 2.19 bits per heavy atom. The predicted molar refractivity (Wildman–Crippen MR) is 73.7 cm³/mol. The molecule has 1 aliphatic rings. The lowest BCUT2D eigenvalue weighted by atomic mass is 9.75. The van der Waals surface area contributed by atoms with Crippen molar-refractivity contribution in [2.75, 3.05) is 0 Å². The summed E-state index contributed by atoms with van der Waals surface area (Å²) < 4.78 is 0. The van der Waals surface area contributed by atoms with Gasteiger partial charge in [0.25, 0.3) is 0 Å². The molecule has 96 valence electrons. The Bertz CT molecular complexity index is 153. The van der Waals surface area contributed by atoms with Crippen LogP contribution in [0.1, 0.15) is 85.0 Å². The fourth-order valence-corrected chi connectivity index (χ4v) is 3.24. The molecular weight excluding hydrogens is 192 g/mol. The van der Waals surface area contributed by atoms with Crippen molar-refractivity contribution in [2.45, 2.75) is 85.0 Å². The van der Waals surface area contributed by atoms with Gasteiger partial charge in [0, 0.05) is 0 Å². The van der Waals surface area contributed by atoms with Gasteiger partial charge in [-0.05, 0) is 24.2 Å². The Hall–Kier alpha value is 0. The molecule has 1 saturated carbocycles. The standard InChI is InChI=1S/C16H32/c1-4-5-9-16(13-12-14(2)3)15-10-7-6-8-11-15/h14-16H,4-13H2,1-3H3. The monoisotopic (exact) mass is 224 g/mol. The lowest BCUT2D eigenvalue weighted by molar-refractivity contribution is 0.211. The van der Waals surface area contributed by atoms with E-state index in [1.54, 1.807) is 0 Å². The zero-order valence-electron chi connectivity index (χ0n) is 11.8. The highest BCUT2D eigenvalue weighted by atomic mass is 14.3. The lowest BCUT2D eigenvalue weighted by Crippen LogP contribution is -2.18. The summed E-state index contributed by atoms with van der Waals surface area (Å²) in [6, 6.07) is 0. The summed E-state index contributed by atoms with van der Waals surface area (Å²) in [5.41, 5.74) is 0. The van der Waals surface area contributed by atoms with Crippen molar-refractivity contribution in [1.82, 2.24) is 0 Å². The molecule has 1 fully saturated rings. The number of hydrogen-bond acceptors (Lipinski definition) is 0. The van der Waals surface area contributed by atoms with Gasteiger partial charge >= 0.3 is 0 Å². The van der Waals surface area contributed by atoms with Crippen LogP contribution in [0.4, 0.5) is 0 Å². The first-order chi connectivity index (χ1) is 7.74. The van der Waals surface area contributed by atoms with Gasteiger partial charge in [0.05, 0.1) is 0 Å². The highest BCUT2D eigenvalue weighted by Crippen LogP contribution is 2.35. The first-order valence-electron chi connectivity index (χ1n) is 7.74. The van der Waals surface area contributed by atoms with E-state index in [9.17, 15) is 0 Å². The molecule has 0 heterocycles. The molecule has 0 aromatic heterocycles. The molecule has 1 unspecified atom stereocenters. The van der Waals surface area contributed by atoms with Gasteiger partial charge in [-0.2, -0.15) is 0 Å². The molecular formula is C16H32. The molecule has 0 saturated heterocycles. The zero-order chi connectivity index (χ0) is 11.8. The summed E-state index contributed by atoms with van der Waals surface area (Å²) in [7, 11) is 0. The number of unbranched alkanes of at least 4 members (excludes halogenated alkanes) is 1. The predicted octanol–water partition coefficient (Wildman–Crippen LogP) is 5.81. The van der Waals surface area contributed by atoms with Gasteiger partial charge in [-0.15, -0.1) is 0 Å². The van der Waals surface area contributed by atoms with Crippen LogP contribution in [-0.4, -0.2) is 0 Å². The Kier molecular flexibility index (Phi) is 7.16. The maximum absolute atomic E-state index is 2.37. The van der Waals surface area contributed by atoms with Gasteiger partial charge in [-0.3, -0.25) is 0 Å². The van der Waals surface area contributed by atoms with Crippen LogP contribution in [0.25, 0.3) is 0 Å². The minimum Gasteiger partial charge on any atom is -0.0654 e. The third-order valence-corrected chi connectivity index (χ3v) is 4.36. The molecule has 0 nitrogen and oxygen atoms in total. The number of rotatable bonds is 7. The fraction of sp³-hybridized carbons (Fsp3) is 1.00. The molecule has 0 spiro atoms. The van der Waals surface area contributed by atoms with Crippen LogP contribution in [0.15, 0.2) is 0 Å². The average Bonchev–Trinajstić information content (AvgIpc) is 2.30. The van der Waals surface area contributed by atoms with Crippen molar-refractivity contribution in [3.8, 4) is 0 Å². The lowest BCUT2D eigenvalue weighted by Gasteiger charge is -2.31.